The predicted molar refractivity (Wildman–Crippen MR) is 191 cm³/mol. The Morgan fingerprint density at radius 2 is 1.15 bits per heavy atom. The summed E-state index contributed by atoms with van der Waals surface area (Å²) >= 11 is 3.33. The van der Waals surface area contributed by atoms with Crippen LogP contribution in [-0.4, -0.2) is 36.4 Å². The molecule has 0 unspecified atom stereocenters. The molecule has 0 aromatic carbocycles. The van der Waals surface area contributed by atoms with Gasteiger partial charge in [-0.15, -0.1) is 12.6 Å². The Labute approximate surface area is 341 Å². The topological polar surface area (TPSA) is 142 Å². The summed E-state index contributed by atoms with van der Waals surface area (Å²) in [5.41, 5.74) is 0. The first-order chi connectivity index (χ1) is 21.0. The summed E-state index contributed by atoms with van der Waals surface area (Å²) in [6, 6.07) is 0. The van der Waals surface area contributed by atoms with Crippen LogP contribution in [0.4, 0.5) is 0 Å². The van der Waals surface area contributed by atoms with Gasteiger partial charge in [-0.25, -0.2) is 4.79 Å². The number of esters is 2. The fraction of sp³-hybridized carbons (Fsp3) is 0.545. The van der Waals surface area contributed by atoms with Crippen LogP contribution in [0.25, 0.3) is 0 Å². The van der Waals surface area contributed by atoms with Crippen LogP contribution in [0.5, 0.6) is 0 Å². The van der Waals surface area contributed by atoms with Crippen LogP contribution in [0, 0.1) is 71.0 Å². The van der Waals surface area contributed by atoms with Crippen molar-refractivity contribution in [3.05, 3.63) is 0 Å². The molecule has 0 aromatic heterocycles. The number of ether oxygens (including phenoxy) is 2. The summed E-state index contributed by atoms with van der Waals surface area (Å²) in [6.07, 6.45) is 11.2. The molecule has 9 nitrogen and oxygen atoms in total. The number of carbonyl (C=O) groups excluding carboxylic acids is 3. The van der Waals surface area contributed by atoms with Crippen LogP contribution < -0.4 is 68.9 Å². The first-order valence-electron chi connectivity index (χ1n) is 14.2. The Morgan fingerprint density at radius 1 is 0.739 bits per heavy atom. The van der Waals surface area contributed by atoms with Gasteiger partial charge >= 0.3 is 71.1 Å². The molecule has 0 heterocycles. The van der Waals surface area contributed by atoms with Crippen molar-refractivity contribution in [3.63, 3.8) is 0 Å². The van der Waals surface area contributed by atoms with E-state index < -0.39 is 39.1 Å². The van der Waals surface area contributed by atoms with E-state index in [0.29, 0.717) is 6.42 Å². The van der Waals surface area contributed by atoms with Crippen molar-refractivity contribution in [2.45, 2.75) is 104 Å². The Morgan fingerprint density at radius 3 is 1.59 bits per heavy atom. The minimum Gasteiger partial charge on any atom is -0.790 e. The number of phosphoric ester groups is 1. The van der Waals surface area contributed by atoms with Gasteiger partial charge in [0.25, 0.3) is 0 Å². The molecule has 0 aromatic rings. The largest absolute Gasteiger partial charge is 1.00 e. The molecular weight excluding hydrogens is 649 g/mol. The van der Waals surface area contributed by atoms with Gasteiger partial charge in [-0.1, -0.05) is 77.1 Å². The van der Waals surface area contributed by atoms with Gasteiger partial charge in [-0.05, 0) is 72.5 Å². The second kappa shape index (κ2) is 37.9. The predicted octanol–water partition coefficient (Wildman–Crippen LogP) is 0.205. The van der Waals surface area contributed by atoms with Crippen molar-refractivity contribution in [3.8, 4) is 71.0 Å². The molecule has 0 amide bonds. The molecule has 13 heteroatoms. The van der Waals surface area contributed by atoms with E-state index in [9.17, 15) is 28.7 Å². The molecule has 0 saturated heterocycles. The molecule has 0 bridgehead atoms. The van der Waals surface area contributed by atoms with Crippen LogP contribution >= 0.6 is 20.5 Å². The molecule has 0 radical (unpaired) electrons. The van der Waals surface area contributed by atoms with E-state index in [4.69, 9.17) is 9.47 Å². The number of carbonyl (C=O) groups is 3. The molecular formula is C33H61Na2O9PS. The number of hydrogen-bond acceptors (Lipinski definition) is 9. The zero-order chi connectivity index (χ0) is 33.3. The number of phosphoric acid groups is 1. The van der Waals surface area contributed by atoms with E-state index >= 15 is 0 Å². The summed E-state index contributed by atoms with van der Waals surface area (Å²) in [7, 11) is -5.31. The van der Waals surface area contributed by atoms with Crippen LogP contribution in [0.3, 0.4) is 0 Å². The SMILES string of the molecule is CC#CC#CC#CC#CC#CC#CC(=O)OC[C@H](COP(=O)([O-])[O-])OC(=O)CCCCCCCCCCCCC.CC(=O)S.[HH].[HH].[HH].[HH].[HH].[HH].[HH].[HH].[HH].[HH].[HH].[Na+].[Na+]. The fourth-order valence-corrected chi connectivity index (χ4v) is 3.42. The summed E-state index contributed by atoms with van der Waals surface area (Å²) in [6.45, 7) is 3.91. The molecule has 46 heavy (non-hydrogen) atoms. The minimum absolute atomic E-state index is 0. The minimum atomic E-state index is -5.31. The average molecular weight is 711 g/mol. The van der Waals surface area contributed by atoms with Gasteiger partial charge in [0.2, 0.25) is 0 Å². The zero-order valence-electron chi connectivity index (χ0n) is 27.5. The second-order valence-electron chi connectivity index (χ2n) is 8.88. The van der Waals surface area contributed by atoms with Gasteiger partial charge in [-0.2, -0.15) is 0 Å². The molecule has 1 atom stereocenters. The van der Waals surface area contributed by atoms with Gasteiger partial charge in [0.05, 0.1) is 14.4 Å². The van der Waals surface area contributed by atoms with E-state index in [2.05, 4.69) is 95.1 Å². The molecule has 260 valence electrons. The van der Waals surface area contributed by atoms with E-state index in [0.717, 1.165) is 19.3 Å². The van der Waals surface area contributed by atoms with E-state index in [1.54, 1.807) is 6.92 Å². The first kappa shape index (κ1) is 51.3. The van der Waals surface area contributed by atoms with Crippen LogP contribution in [0.15, 0.2) is 0 Å². The molecule has 0 aliphatic carbocycles. The van der Waals surface area contributed by atoms with Crippen molar-refractivity contribution < 1.29 is 118 Å². The normalized spacial score (nSPS) is 9.26. The molecule has 0 fully saturated rings. The van der Waals surface area contributed by atoms with Gasteiger partial charge < -0.3 is 28.3 Å². The van der Waals surface area contributed by atoms with Gasteiger partial charge in [-0.3, -0.25) is 9.59 Å². The number of thiol groups is 1. The maximum absolute atomic E-state index is 12.1. The van der Waals surface area contributed by atoms with Crippen molar-refractivity contribution in [1.29, 1.82) is 0 Å². The molecule has 0 N–H and O–H groups in total. The molecule has 0 spiro atoms. The Bertz CT molecular complexity index is 1350. The number of unbranched alkanes of at least 4 members (excludes halogenated alkanes) is 10. The quantitative estimate of drug-likeness (QED) is 0.0402. The Kier molecular flexibility index (Phi) is 42.2. The summed E-state index contributed by atoms with van der Waals surface area (Å²) in [4.78, 5) is 54.8. The Balaban J connectivity index is -0.0000000759. The monoisotopic (exact) mass is 710 g/mol. The molecule has 0 saturated carbocycles. The maximum Gasteiger partial charge on any atom is 1.00 e. The molecule has 0 aliphatic rings. The summed E-state index contributed by atoms with van der Waals surface area (Å²) < 4.78 is 25.0. The van der Waals surface area contributed by atoms with E-state index in [1.807, 2.05) is 0 Å². The first-order valence-corrected chi connectivity index (χ1v) is 16.1. The van der Waals surface area contributed by atoms with Crippen molar-refractivity contribution in [1.82, 2.24) is 0 Å². The van der Waals surface area contributed by atoms with E-state index in [1.165, 1.54) is 51.9 Å². The van der Waals surface area contributed by atoms with E-state index in [-0.39, 0.29) is 86.3 Å². The standard InChI is InChI=1S/C31H37O8P.C2H4OS.2Na.11H2/c1-3-5-7-9-11-13-15-17-19-21-23-25-30(32)37-27-29(28-38-40(34,35)36)39-31(33)26-24-22-20-18-16-14-12-10-8-6-4-2;1-2(3)4;;;;;;;;;;;;;/h29H,4,6,8,10,12,14,16,18,20,22,24,26-28H2,1-2H3,(H2,34,35,36);1H3,(H,3,4);;;11*1H/q;;2*+1;;;;;;;;;;;/p-2/t29-;;;;;;;;;;;;;;/m1............../s1. The van der Waals surface area contributed by atoms with Crippen molar-refractivity contribution in [2.75, 3.05) is 13.2 Å². The molecule has 0 rings (SSSR count). The Hall–Kier alpha value is -1.57. The summed E-state index contributed by atoms with van der Waals surface area (Å²) in [5, 5.41) is -0.139. The van der Waals surface area contributed by atoms with Gasteiger partial charge in [0.1, 0.15) is 6.61 Å². The van der Waals surface area contributed by atoms with Crippen molar-refractivity contribution >= 4 is 37.5 Å². The smallest absolute Gasteiger partial charge is 0.790 e. The average Bonchev–Trinajstić information content (AvgIpc) is 2.95. The number of rotatable bonds is 18. The second-order valence-corrected chi connectivity index (χ2v) is 10.7. The third kappa shape index (κ3) is 46.8. The maximum atomic E-state index is 12.1. The van der Waals surface area contributed by atoms with Gasteiger partial charge in [0.15, 0.2) is 11.2 Å². The van der Waals surface area contributed by atoms with Crippen molar-refractivity contribution in [2.24, 2.45) is 0 Å². The number of hydrogen-bond donors (Lipinski definition) is 1. The zero-order valence-corrected chi connectivity index (χ0v) is 33.3. The summed E-state index contributed by atoms with van der Waals surface area (Å²) in [5.74, 6) is 27.1. The van der Waals surface area contributed by atoms with Crippen LogP contribution in [-0.2, 0) is 32.9 Å². The third-order valence-corrected chi connectivity index (χ3v) is 5.42. The van der Waals surface area contributed by atoms with Crippen LogP contribution in [0.2, 0.25) is 0 Å². The van der Waals surface area contributed by atoms with Crippen LogP contribution in [0.1, 0.15) is 114 Å². The fourth-order valence-electron chi connectivity index (χ4n) is 3.07. The third-order valence-electron chi connectivity index (χ3n) is 4.95. The van der Waals surface area contributed by atoms with Gasteiger partial charge in [0, 0.05) is 35.0 Å². The molecule has 0 aliphatic heterocycles.